The van der Waals surface area contributed by atoms with Crippen molar-refractivity contribution < 1.29 is 18.1 Å². The summed E-state index contributed by atoms with van der Waals surface area (Å²) < 4.78 is 0. The van der Waals surface area contributed by atoms with E-state index in [1.807, 2.05) is 25.1 Å². The van der Waals surface area contributed by atoms with Gasteiger partial charge in [0.25, 0.3) is 0 Å². The van der Waals surface area contributed by atoms with Crippen LogP contribution in [-0.4, -0.2) is 0 Å². The molecule has 10 heavy (non-hydrogen) atoms. The molecule has 0 spiro atoms. The first kappa shape index (κ1) is 9.76. The number of hydrogen-bond donors (Lipinski definition) is 1. The minimum absolute atomic E-state index is 0. The van der Waals surface area contributed by atoms with Crippen LogP contribution >= 0.6 is 11.6 Å². The number of halogens is 2. The van der Waals surface area contributed by atoms with Gasteiger partial charge in [-0.1, -0.05) is 11.6 Å². The topological polar surface area (TPSA) is 27.6 Å². The molecular formula is C7H9Cl2N. The Morgan fingerprint density at radius 1 is 1.40 bits per heavy atom. The molecule has 1 aromatic rings. The summed E-state index contributed by atoms with van der Waals surface area (Å²) in [5.41, 5.74) is 5.98. The molecule has 3 heteroatoms. The molecule has 0 saturated carbocycles. The summed E-state index contributed by atoms with van der Waals surface area (Å²) in [5, 5.41) is 0.778. The van der Waals surface area contributed by atoms with Crippen LogP contribution in [0.15, 0.2) is 18.2 Å². The summed E-state index contributed by atoms with van der Waals surface area (Å²) in [4.78, 5) is 0. The van der Waals surface area contributed by atoms with Crippen LogP contribution in [0.1, 0.15) is 5.56 Å². The van der Waals surface area contributed by atoms with Crippen LogP contribution in [0, 0.1) is 6.92 Å². The van der Waals surface area contributed by atoms with E-state index in [1.54, 1.807) is 0 Å². The molecule has 0 aliphatic rings. The monoisotopic (exact) mass is 177 g/mol. The molecule has 0 saturated heterocycles. The van der Waals surface area contributed by atoms with E-state index < -0.39 is 0 Å². The molecule has 0 aliphatic heterocycles. The highest BCUT2D eigenvalue weighted by atomic mass is 35.5. The smallest absolute Gasteiger partial charge is 0.130 e. The lowest BCUT2D eigenvalue weighted by Crippen LogP contribution is -3.00. The predicted molar refractivity (Wildman–Crippen MR) is 38.7 cm³/mol. The van der Waals surface area contributed by atoms with Crippen molar-refractivity contribution in [3.63, 3.8) is 0 Å². The van der Waals surface area contributed by atoms with Crippen LogP contribution < -0.4 is 18.1 Å². The molecular weight excluding hydrogens is 169 g/mol. The van der Waals surface area contributed by atoms with E-state index in [4.69, 9.17) is 11.6 Å². The minimum atomic E-state index is 0. The zero-order valence-corrected chi connectivity index (χ0v) is 7.21. The molecule has 0 bridgehead atoms. The Morgan fingerprint density at radius 2 is 2.00 bits per heavy atom. The Bertz CT molecular complexity index is 223. The average Bonchev–Trinajstić information content (AvgIpc) is 1.80. The van der Waals surface area contributed by atoms with E-state index in [2.05, 4.69) is 5.73 Å². The first-order chi connectivity index (χ1) is 4.20. The highest BCUT2D eigenvalue weighted by Crippen LogP contribution is 2.14. The summed E-state index contributed by atoms with van der Waals surface area (Å²) in [6.45, 7) is 1.99. The van der Waals surface area contributed by atoms with Crippen LogP contribution in [0.5, 0.6) is 0 Å². The van der Waals surface area contributed by atoms with Gasteiger partial charge in [-0.3, -0.25) is 0 Å². The van der Waals surface area contributed by atoms with Crippen molar-refractivity contribution in [2.75, 3.05) is 0 Å². The highest BCUT2D eigenvalue weighted by Gasteiger charge is 1.94. The fraction of sp³-hybridized carbons (Fsp3) is 0.143. The van der Waals surface area contributed by atoms with Gasteiger partial charge in [0.2, 0.25) is 0 Å². The minimum Gasteiger partial charge on any atom is -1.00 e. The Labute approximate surface area is 71.6 Å². The van der Waals surface area contributed by atoms with Crippen molar-refractivity contribution in [3.8, 4) is 0 Å². The summed E-state index contributed by atoms with van der Waals surface area (Å²) in [6, 6.07) is 5.67. The molecule has 0 amide bonds. The van der Waals surface area contributed by atoms with E-state index >= 15 is 0 Å². The molecule has 0 aliphatic carbocycles. The van der Waals surface area contributed by atoms with Gasteiger partial charge in [-0.05, 0) is 19.1 Å². The van der Waals surface area contributed by atoms with Gasteiger partial charge in [0.05, 0.1) is 0 Å². The van der Waals surface area contributed by atoms with Crippen LogP contribution in [-0.2, 0) is 0 Å². The molecule has 0 atom stereocenters. The van der Waals surface area contributed by atoms with Crippen LogP contribution in [0.4, 0.5) is 5.69 Å². The summed E-state index contributed by atoms with van der Waals surface area (Å²) in [6.07, 6.45) is 0. The van der Waals surface area contributed by atoms with E-state index in [1.165, 1.54) is 0 Å². The van der Waals surface area contributed by atoms with Gasteiger partial charge in [-0.2, -0.15) is 0 Å². The third kappa shape index (κ3) is 2.18. The van der Waals surface area contributed by atoms with Gasteiger partial charge in [0.1, 0.15) is 5.69 Å². The van der Waals surface area contributed by atoms with Crippen molar-refractivity contribution >= 4 is 17.3 Å². The first-order valence-electron chi connectivity index (χ1n) is 2.78. The lowest BCUT2D eigenvalue weighted by Gasteiger charge is -1.93. The molecule has 0 aromatic heterocycles. The molecule has 3 N–H and O–H groups in total. The standard InChI is InChI=1S/C7H8ClN.ClH/c1-5-4-6(8)2-3-7(5)9;/h2-4H,9H2,1H3;1H. The fourth-order valence-corrected chi connectivity index (χ4v) is 0.886. The first-order valence-corrected chi connectivity index (χ1v) is 3.16. The van der Waals surface area contributed by atoms with Crippen molar-refractivity contribution in [1.29, 1.82) is 0 Å². The number of quaternary nitrogens is 1. The van der Waals surface area contributed by atoms with E-state index in [-0.39, 0.29) is 12.4 Å². The molecule has 56 valence electrons. The molecule has 1 rings (SSSR count). The van der Waals surface area contributed by atoms with Crippen LogP contribution in [0.25, 0.3) is 0 Å². The Hall–Kier alpha value is -0.240. The summed E-state index contributed by atoms with van der Waals surface area (Å²) >= 11 is 5.69. The molecule has 1 nitrogen and oxygen atoms in total. The Kier molecular flexibility index (Phi) is 3.72. The molecule has 1 aromatic carbocycles. The van der Waals surface area contributed by atoms with Gasteiger partial charge < -0.3 is 18.1 Å². The van der Waals surface area contributed by atoms with Gasteiger partial charge in [0.15, 0.2) is 0 Å². The predicted octanol–water partition coefficient (Wildman–Crippen LogP) is -1.47. The zero-order valence-electron chi connectivity index (χ0n) is 5.70. The summed E-state index contributed by atoms with van der Waals surface area (Å²) in [5.74, 6) is 0. The van der Waals surface area contributed by atoms with Crippen LogP contribution in [0.2, 0.25) is 5.02 Å². The highest BCUT2D eigenvalue weighted by molar-refractivity contribution is 6.30. The molecule has 0 unspecified atom stereocenters. The molecule has 0 radical (unpaired) electrons. The zero-order chi connectivity index (χ0) is 6.85. The third-order valence-electron chi connectivity index (χ3n) is 1.30. The SMILES string of the molecule is Cc1cc(Cl)ccc1[NH3+].[Cl-]. The normalized spacial score (nSPS) is 8.70. The van der Waals surface area contributed by atoms with Crippen molar-refractivity contribution in [2.45, 2.75) is 6.92 Å². The summed E-state index contributed by atoms with van der Waals surface area (Å²) in [7, 11) is 0. The largest absolute Gasteiger partial charge is 1.00 e. The fourth-order valence-electron chi connectivity index (χ4n) is 0.659. The number of rotatable bonds is 0. The average molecular weight is 178 g/mol. The maximum Gasteiger partial charge on any atom is 0.130 e. The Morgan fingerprint density at radius 3 is 2.40 bits per heavy atom. The van der Waals surface area contributed by atoms with Gasteiger partial charge in [-0.25, -0.2) is 0 Å². The van der Waals surface area contributed by atoms with E-state index in [0.717, 1.165) is 16.3 Å². The number of benzene rings is 1. The second kappa shape index (κ2) is 3.81. The van der Waals surface area contributed by atoms with Crippen molar-refractivity contribution in [2.24, 2.45) is 0 Å². The Balaban J connectivity index is 0.000000810. The third-order valence-corrected chi connectivity index (χ3v) is 1.54. The van der Waals surface area contributed by atoms with Gasteiger partial charge in [0, 0.05) is 16.7 Å². The maximum atomic E-state index is 5.69. The van der Waals surface area contributed by atoms with Crippen molar-refractivity contribution in [3.05, 3.63) is 28.8 Å². The van der Waals surface area contributed by atoms with Crippen LogP contribution in [0.3, 0.4) is 0 Å². The lowest BCUT2D eigenvalue weighted by atomic mass is 10.2. The molecule has 0 fully saturated rings. The second-order valence-electron chi connectivity index (χ2n) is 2.07. The maximum absolute atomic E-state index is 5.69. The van der Waals surface area contributed by atoms with E-state index in [0.29, 0.717) is 0 Å². The quantitative estimate of drug-likeness (QED) is 0.502. The number of aryl methyl sites for hydroxylation is 1. The van der Waals surface area contributed by atoms with Crippen molar-refractivity contribution in [1.82, 2.24) is 0 Å². The lowest BCUT2D eigenvalue weighted by molar-refractivity contribution is -0.255. The van der Waals surface area contributed by atoms with Gasteiger partial charge in [-0.15, -0.1) is 0 Å². The van der Waals surface area contributed by atoms with Gasteiger partial charge >= 0.3 is 0 Å². The molecule has 0 heterocycles. The second-order valence-corrected chi connectivity index (χ2v) is 2.51. The number of hydrogen-bond acceptors (Lipinski definition) is 0. The van der Waals surface area contributed by atoms with E-state index in [9.17, 15) is 0 Å².